The van der Waals surface area contributed by atoms with Crippen LogP contribution in [0.2, 0.25) is 10.0 Å². The summed E-state index contributed by atoms with van der Waals surface area (Å²) in [5.41, 5.74) is 2.83. The largest absolute Gasteiger partial charge is 0.425 e. The van der Waals surface area contributed by atoms with Crippen molar-refractivity contribution in [1.29, 1.82) is 0 Å². The zero-order valence-electron chi connectivity index (χ0n) is 17.8. The lowest BCUT2D eigenvalue weighted by molar-refractivity contribution is -0.345. The van der Waals surface area contributed by atoms with Crippen molar-refractivity contribution in [2.24, 2.45) is 0 Å². The number of fused-ring (bicyclic) bond motifs is 3. The summed E-state index contributed by atoms with van der Waals surface area (Å²) in [5, 5.41) is 5.94. The third kappa shape index (κ3) is 3.99. The van der Waals surface area contributed by atoms with E-state index in [2.05, 4.69) is 34.9 Å². The molecule has 3 aromatic heterocycles. The summed E-state index contributed by atoms with van der Waals surface area (Å²) in [6.45, 7) is 6.97. The molecule has 0 amide bonds. The van der Waals surface area contributed by atoms with Crippen molar-refractivity contribution in [3.8, 4) is 0 Å². The highest BCUT2D eigenvalue weighted by Crippen LogP contribution is 2.24. The summed E-state index contributed by atoms with van der Waals surface area (Å²) in [5.74, 6) is 0. The molecule has 10 heteroatoms. The van der Waals surface area contributed by atoms with E-state index in [9.17, 15) is 4.79 Å². The lowest BCUT2D eigenvalue weighted by Gasteiger charge is -2.35. The lowest BCUT2D eigenvalue weighted by Crippen LogP contribution is -2.44. The molecule has 32 heavy (non-hydrogen) atoms. The van der Waals surface area contributed by atoms with Crippen LogP contribution in [0.15, 0.2) is 41.6 Å². The fourth-order valence-electron chi connectivity index (χ4n) is 4.42. The van der Waals surface area contributed by atoms with Gasteiger partial charge in [-0.15, -0.1) is 0 Å². The van der Waals surface area contributed by atoms with Gasteiger partial charge >= 0.3 is 5.69 Å². The Morgan fingerprint density at radius 3 is 2.62 bits per heavy atom. The molecular formula is C22H23Cl2N6O2+. The van der Waals surface area contributed by atoms with Crippen LogP contribution in [0.3, 0.4) is 0 Å². The van der Waals surface area contributed by atoms with Crippen molar-refractivity contribution in [3.05, 3.63) is 68.4 Å². The van der Waals surface area contributed by atoms with Crippen LogP contribution in [-0.4, -0.2) is 49.4 Å². The van der Waals surface area contributed by atoms with Crippen molar-refractivity contribution >= 4 is 39.9 Å². The van der Waals surface area contributed by atoms with Crippen molar-refractivity contribution < 1.29 is 9.72 Å². The highest BCUT2D eigenvalue weighted by atomic mass is 35.5. The molecule has 0 radical (unpaired) electrons. The molecule has 0 spiro atoms. The third-order valence-electron chi connectivity index (χ3n) is 5.66. The monoisotopic (exact) mass is 473 g/mol. The molecule has 4 aromatic rings. The number of H-pyrrole nitrogens is 1. The van der Waals surface area contributed by atoms with Crippen LogP contribution in [0, 0.1) is 0 Å². The Morgan fingerprint density at radius 1 is 1.09 bits per heavy atom. The Labute approximate surface area is 194 Å². The molecule has 1 fully saturated rings. The van der Waals surface area contributed by atoms with Crippen LogP contribution in [0.4, 0.5) is 0 Å². The van der Waals surface area contributed by atoms with Gasteiger partial charge in [-0.1, -0.05) is 29.3 Å². The maximum absolute atomic E-state index is 13.2. The summed E-state index contributed by atoms with van der Waals surface area (Å²) < 4.78 is 8.81. The number of ether oxygens (including phenoxy) is 1. The Morgan fingerprint density at radius 2 is 1.88 bits per heavy atom. The summed E-state index contributed by atoms with van der Waals surface area (Å²) in [7, 11) is 0. The van der Waals surface area contributed by atoms with Crippen LogP contribution >= 0.6 is 23.2 Å². The van der Waals surface area contributed by atoms with E-state index in [0.29, 0.717) is 27.9 Å². The number of morpholine rings is 1. The van der Waals surface area contributed by atoms with Crippen LogP contribution in [0.1, 0.15) is 25.0 Å². The van der Waals surface area contributed by atoms with E-state index in [1.54, 1.807) is 16.7 Å². The predicted molar refractivity (Wildman–Crippen MR) is 122 cm³/mol. The molecule has 0 saturated carbocycles. The number of nitrogens with zero attached hydrogens (tertiary/aromatic N) is 5. The molecule has 0 bridgehead atoms. The zero-order chi connectivity index (χ0) is 22.4. The second-order valence-corrected chi connectivity index (χ2v) is 9.15. The number of hydrogen-bond acceptors (Lipinski definition) is 5. The van der Waals surface area contributed by atoms with Gasteiger partial charge in [-0.2, -0.15) is 0 Å². The molecule has 4 heterocycles. The first-order valence-corrected chi connectivity index (χ1v) is 11.2. The molecule has 1 aromatic carbocycles. The van der Waals surface area contributed by atoms with E-state index in [-0.39, 0.29) is 17.9 Å². The predicted octanol–water partition coefficient (Wildman–Crippen LogP) is 2.82. The smallest absolute Gasteiger partial charge is 0.373 e. The summed E-state index contributed by atoms with van der Waals surface area (Å²) in [6.07, 6.45) is 3.74. The van der Waals surface area contributed by atoms with Crippen LogP contribution in [0.5, 0.6) is 0 Å². The molecule has 166 valence electrons. The van der Waals surface area contributed by atoms with Crippen molar-refractivity contribution in [1.82, 2.24) is 24.1 Å². The van der Waals surface area contributed by atoms with E-state index in [1.807, 2.05) is 12.3 Å². The van der Waals surface area contributed by atoms with E-state index >= 15 is 0 Å². The van der Waals surface area contributed by atoms with E-state index < -0.39 is 0 Å². The maximum Gasteiger partial charge on any atom is 0.425 e. The number of pyridine rings is 1. The first-order valence-electron chi connectivity index (χ1n) is 10.5. The maximum atomic E-state index is 13.2. The van der Waals surface area contributed by atoms with E-state index in [4.69, 9.17) is 32.9 Å². The molecule has 1 saturated heterocycles. The van der Waals surface area contributed by atoms with Gasteiger partial charge in [0.25, 0.3) is 12.0 Å². The first kappa shape index (κ1) is 21.3. The third-order valence-corrected chi connectivity index (χ3v) is 6.40. The lowest BCUT2D eigenvalue weighted by atomic mass is 10.1. The fourth-order valence-corrected chi connectivity index (χ4v) is 4.74. The molecule has 0 unspecified atom stereocenters. The van der Waals surface area contributed by atoms with Crippen molar-refractivity contribution in [2.75, 3.05) is 13.1 Å². The first-order chi connectivity index (χ1) is 15.4. The number of benzene rings is 1. The van der Waals surface area contributed by atoms with Gasteiger partial charge in [0, 0.05) is 30.9 Å². The second-order valence-electron chi connectivity index (χ2n) is 8.33. The topological polar surface area (TPSA) is 78.8 Å². The minimum atomic E-state index is -0.282. The molecular weight excluding hydrogens is 451 g/mol. The minimum absolute atomic E-state index is 0.193. The SMILES string of the molecule is C[C@@H]1CN(Cc2cnc3c(c2)c2[nH+]cnn2c(=O)n3Cc2ccc(Cl)c(Cl)c2)C[C@H](C)O1. The highest BCUT2D eigenvalue weighted by Gasteiger charge is 2.24. The van der Waals surface area contributed by atoms with E-state index in [1.165, 1.54) is 10.8 Å². The summed E-state index contributed by atoms with van der Waals surface area (Å²) >= 11 is 12.2. The molecule has 1 N–H and O–H groups in total. The Hall–Kier alpha value is -2.52. The highest BCUT2D eigenvalue weighted by molar-refractivity contribution is 6.42. The molecule has 1 aliphatic rings. The van der Waals surface area contributed by atoms with Gasteiger partial charge in [-0.3, -0.25) is 9.47 Å². The number of halogens is 2. The van der Waals surface area contributed by atoms with Crippen LogP contribution < -0.4 is 10.7 Å². The van der Waals surface area contributed by atoms with E-state index in [0.717, 1.165) is 36.1 Å². The van der Waals surface area contributed by atoms with Crippen LogP contribution in [-0.2, 0) is 17.8 Å². The molecule has 8 nitrogen and oxygen atoms in total. The summed E-state index contributed by atoms with van der Waals surface area (Å²) in [6, 6.07) is 7.41. The molecule has 5 rings (SSSR count). The average Bonchev–Trinajstić information content (AvgIpc) is 3.23. The number of aromatic amines is 1. The number of hydrogen-bond donors (Lipinski definition) is 0. The van der Waals surface area contributed by atoms with Gasteiger partial charge in [-0.05, 0) is 47.7 Å². The average molecular weight is 474 g/mol. The zero-order valence-corrected chi connectivity index (χ0v) is 19.3. The normalized spacial score (nSPS) is 19.8. The Bertz CT molecular complexity index is 1360. The van der Waals surface area contributed by atoms with Crippen molar-refractivity contribution in [2.45, 2.75) is 39.1 Å². The molecule has 1 aliphatic heterocycles. The van der Waals surface area contributed by atoms with Crippen LogP contribution in [0.25, 0.3) is 16.7 Å². The Balaban J connectivity index is 1.57. The minimum Gasteiger partial charge on any atom is -0.373 e. The van der Waals surface area contributed by atoms with Gasteiger partial charge in [0.15, 0.2) is 5.65 Å². The van der Waals surface area contributed by atoms with Gasteiger partial charge in [0.2, 0.25) is 0 Å². The molecule has 0 aliphatic carbocycles. The van der Waals surface area contributed by atoms with Gasteiger partial charge < -0.3 is 4.74 Å². The fraction of sp³-hybridized carbons (Fsp3) is 0.364. The number of rotatable bonds is 4. The molecule has 2 atom stereocenters. The van der Waals surface area contributed by atoms with Gasteiger partial charge in [0.05, 0.1) is 34.2 Å². The quantitative estimate of drug-likeness (QED) is 0.455. The number of aromatic nitrogens is 5. The van der Waals surface area contributed by atoms with Gasteiger partial charge in [-0.25, -0.2) is 14.8 Å². The Kier molecular flexibility index (Phi) is 5.63. The van der Waals surface area contributed by atoms with Crippen molar-refractivity contribution in [3.63, 3.8) is 0 Å². The number of nitrogens with one attached hydrogen (secondary N) is 1. The standard InChI is InChI=1S/C22H22Cl2N6O2/c1-13-8-28(9-14(2)32-13)10-16-5-17-20(25-7-16)29(22(31)30-21(17)26-12-27-30)11-15-3-4-18(23)19(24)6-15/h3-7,12-14H,8-11H2,1-2H3/p+1/t13-,14+. The van der Waals surface area contributed by atoms with Gasteiger partial charge in [0.1, 0.15) is 0 Å². The summed E-state index contributed by atoms with van der Waals surface area (Å²) in [4.78, 5) is 23.3. The second kappa shape index (κ2) is 8.44.